The second-order valence-corrected chi connectivity index (χ2v) is 6.80. The molecule has 2 amide bonds. The average Bonchev–Trinajstić information content (AvgIpc) is 3.18. The molecule has 0 unspecified atom stereocenters. The van der Waals surface area contributed by atoms with Crippen molar-refractivity contribution in [1.29, 1.82) is 0 Å². The van der Waals surface area contributed by atoms with Crippen LogP contribution in [0, 0.1) is 0 Å². The van der Waals surface area contributed by atoms with Crippen LogP contribution >= 0.6 is 0 Å². The van der Waals surface area contributed by atoms with Gasteiger partial charge in [-0.15, -0.1) is 0 Å². The van der Waals surface area contributed by atoms with E-state index in [1.807, 2.05) is 25.5 Å². The van der Waals surface area contributed by atoms with Crippen molar-refractivity contribution in [2.45, 2.75) is 44.1 Å². The second kappa shape index (κ2) is 7.51. The number of hydrogen-bond acceptors (Lipinski definition) is 2. The van der Waals surface area contributed by atoms with E-state index in [9.17, 15) is 4.79 Å². The first-order valence-electron chi connectivity index (χ1n) is 8.73. The Morgan fingerprint density at radius 3 is 2.62 bits per heavy atom. The summed E-state index contributed by atoms with van der Waals surface area (Å²) < 4.78 is 1.78. The lowest BCUT2D eigenvalue weighted by molar-refractivity contribution is 0.224. The molecule has 2 aromatic rings. The third kappa shape index (κ3) is 4.37. The standard InChI is InChI=1S/C19H26N4O/c1-23-15-17(14-21-23)9-12-20-18(24)22-19(10-5-6-11-19)13-16-7-3-2-4-8-16/h2-4,7-8,14-15H,5-6,9-13H2,1H3,(H2,20,22,24). The van der Waals surface area contributed by atoms with Crippen LogP contribution in [0.2, 0.25) is 0 Å². The Morgan fingerprint density at radius 1 is 1.21 bits per heavy atom. The van der Waals surface area contributed by atoms with Gasteiger partial charge in [-0.1, -0.05) is 43.2 Å². The average molecular weight is 326 g/mol. The molecule has 0 spiro atoms. The number of hydrogen-bond donors (Lipinski definition) is 2. The molecule has 1 heterocycles. The van der Waals surface area contributed by atoms with Crippen LogP contribution in [-0.4, -0.2) is 27.9 Å². The Morgan fingerprint density at radius 2 is 1.96 bits per heavy atom. The Balaban J connectivity index is 1.52. The summed E-state index contributed by atoms with van der Waals surface area (Å²) in [6.45, 7) is 0.624. The molecule has 24 heavy (non-hydrogen) atoms. The van der Waals surface area contributed by atoms with Gasteiger partial charge in [0.05, 0.1) is 6.20 Å². The molecule has 1 aromatic carbocycles. The number of urea groups is 1. The van der Waals surface area contributed by atoms with Gasteiger partial charge in [0.2, 0.25) is 0 Å². The highest BCUT2D eigenvalue weighted by molar-refractivity contribution is 5.75. The van der Waals surface area contributed by atoms with E-state index >= 15 is 0 Å². The van der Waals surface area contributed by atoms with Gasteiger partial charge in [-0.05, 0) is 36.8 Å². The summed E-state index contributed by atoms with van der Waals surface area (Å²) in [5, 5.41) is 10.4. The van der Waals surface area contributed by atoms with Crippen LogP contribution < -0.4 is 10.6 Å². The van der Waals surface area contributed by atoms with Crippen molar-refractivity contribution in [2.24, 2.45) is 7.05 Å². The normalized spacial score (nSPS) is 16.0. The summed E-state index contributed by atoms with van der Waals surface area (Å²) in [4.78, 5) is 12.3. The van der Waals surface area contributed by atoms with Crippen molar-refractivity contribution in [3.8, 4) is 0 Å². The first kappa shape index (κ1) is 16.6. The van der Waals surface area contributed by atoms with Crippen LogP contribution in [0.15, 0.2) is 42.7 Å². The van der Waals surface area contributed by atoms with E-state index in [4.69, 9.17) is 0 Å². The molecule has 1 aliphatic carbocycles. The van der Waals surface area contributed by atoms with Crippen LogP contribution in [0.4, 0.5) is 4.79 Å². The number of nitrogens with zero attached hydrogens (tertiary/aromatic N) is 2. The minimum absolute atomic E-state index is 0.0586. The Hall–Kier alpha value is -2.30. The molecule has 0 saturated heterocycles. The molecule has 3 rings (SSSR count). The van der Waals surface area contributed by atoms with E-state index in [1.165, 1.54) is 18.4 Å². The molecular weight excluding hydrogens is 300 g/mol. The van der Waals surface area contributed by atoms with Gasteiger partial charge in [-0.3, -0.25) is 4.68 Å². The number of nitrogens with one attached hydrogen (secondary N) is 2. The molecule has 1 aliphatic rings. The van der Waals surface area contributed by atoms with Gasteiger partial charge in [0, 0.05) is 25.3 Å². The van der Waals surface area contributed by atoms with E-state index in [0.717, 1.165) is 31.2 Å². The maximum Gasteiger partial charge on any atom is 0.315 e. The lowest BCUT2D eigenvalue weighted by Gasteiger charge is -2.30. The zero-order chi connectivity index (χ0) is 16.8. The summed E-state index contributed by atoms with van der Waals surface area (Å²) in [5.74, 6) is 0. The van der Waals surface area contributed by atoms with Crippen LogP contribution in [0.5, 0.6) is 0 Å². The number of rotatable bonds is 6. The van der Waals surface area contributed by atoms with E-state index in [0.29, 0.717) is 6.54 Å². The molecule has 0 bridgehead atoms. The van der Waals surface area contributed by atoms with Gasteiger partial charge in [0.1, 0.15) is 0 Å². The minimum Gasteiger partial charge on any atom is -0.338 e. The Bertz CT molecular complexity index is 659. The molecule has 0 aliphatic heterocycles. The van der Waals surface area contributed by atoms with Crippen molar-refractivity contribution >= 4 is 6.03 Å². The third-order valence-electron chi connectivity index (χ3n) is 4.78. The zero-order valence-corrected chi connectivity index (χ0v) is 14.3. The topological polar surface area (TPSA) is 59.0 Å². The van der Waals surface area contributed by atoms with E-state index in [2.05, 4.69) is 40.0 Å². The Kier molecular flexibility index (Phi) is 5.18. The Labute approximate surface area is 143 Å². The van der Waals surface area contributed by atoms with Crippen molar-refractivity contribution in [3.63, 3.8) is 0 Å². The molecule has 0 atom stereocenters. The molecule has 5 heteroatoms. The van der Waals surface area contributed by atoms with Gasteiger partial charge in [-0.2, -0.15) is 5.10 Å². The fraction of sp³-hybridized carbons (Fsp3) is 0.474. The predicted octanol–water partition coefficient (Wildman–Crippen LogP) is 2.82. The van der Waals surface area contributed by atoms with Gasteiger partial charge in [-0.25, -0.2) is 4.79 Å². The fourth-order valence-corrected chi connectivity index (χ4v) is 3.59. The zero-order valence-electron chi connectivity index (χ0n) is 14.3. The molecule has 1 saturated carbocycles. The molecule has 1 aromatic heterocycles. The number of amides is 2. The van der Waals surface area contributed by atoms with Crippen molar-refractivity contribution < 1.29 is 4.79 Å². The largest absolute Gasteiger partial charge is 0.338 e. The number of aryl methyl sites for hydroxylation is 1. The van der Waals surface area contributed by atoms with Crippen molar-refractivity contribution in [1.82, 2.24) is 20.4 Å². The molecule has 1 fully saturated rings. The van der Waals surface area contributed by atoms with Crippen LogP contribution in [-0.2, 0) is 19.9 Å². The highest BCUT2D eigenvalue weighted by Gasteiger charge is 2.35. The van der Waals surface area contributed by atoms with Crippen molar-refractivity contribution in [3.05, 3.63) is 53.9 Å². The van der Waals surface area contributed by atoms with Crippen LogP contribution in [0.25, 0.3) is 0 Å². The quantitative estimate of drug-likeness (QED) is 0.857. The SMILES string of the molecule is Cn1cc(CCNC(=O)NC2(Cc3ccccc3)CCCC2)cn1. The van der Waals surface area contributed by atoms with Gasteiger partial charge in [0.15, 0.2) is 0 Å². The summed E-state index contributed by atoms with van der Waals surface area (Å²) in [5.41, 5.74) is 2.33. The van der Waals surface area contributed by atoms with E-state index in [1.54, 1.807) is 4.68 Å². The number of aromatic nitrogens is 2. The molecule has 128 valence electrons. The minimum atomic E-state index is -0.0975. The predicted molar refractivity (Wildman–Crippen MR) is 94.8 cm³/mol. The van der Waals surface area contributed by atoms with Crippen LogP contribution in [0.3, 0.4) is 0 Å². The first-order chi connectivity index (χ1) is 11.7. The van der Waals surface area contributed by atoms with Gasteiger partial charge < -0.3 is 10.6 Å². The maximum atomic E-state index is 12.3. The molecule has 5 nitrogen and oxygen atoms in total. The highest BCUT2D eigenvalue weighted by atomic mass is 16.2. The smallest absolute Gasteiger partial charge is 0.315 e. The highest BCUT2D eigenvalue weighted by Crippen LogP contribution is 2.32. The van der Waals surface area contributed by atoms with E-state index in [-0.39, 0.29) is 11.6 Å². The lowest BCUT2D eigenvalue weighted by atomic mass is 9.89. The third-order valence-corrected chi connectivity index (χ3v) is 4.78. The van der Waals surface area contributed by atoms with Crippen LogP contribution in [0.1, 0.15) is 36.8 Å². The number of carbonyl (C=O) groups is 1. The first-order valence-corrected chi connectivity index (χ1v) is 8.73. The summed E-state index contributed by atoms with van der Waals surface area (Å²) in [6, 6.07) is 10.4. The molecule has 2 N–H and O–H groups in total. The summed E-state index contributed by atoms with van der Waals surface area (Å²) in [7, 11) is 1.90. The lowest BCUT2D eigenvalue weighted by Crippen LogP contribution is -2.52. The van der Waals surface area contributed by atoms with Crippen molar-refractivity contribution in [2.75, 3.05) is 6.54 Å². The number of carbonyl (C=O) groups excluding carboxylic acids is 1. The van der Waals surface area contributed by atoms with Gasteiger partial charge >= 0.3 is 6.03 Å². The molecule has 0 radical (unpaired) electrons. The second-order valence-electron chi connectivity index (χ2n) is 6.80. The number of benzene rings is 1. The summed E-state index contributed by atoms with van der Waals surface area (Å²) >= 11 is 0. The summed E-state index contributed by atoms with van der Waals surface area (Å²) in [6.07, 6.45) is 10.00. The fourth-order valence-electron chi connectivity index (χ4n) is 3.59. The van der Waals surface area contributed by atoms with E-state index < -0.39 is 0 Å². The monoisotopic (exact) mass is 326 g/mol. The van der Waals surface area contributed by atoms with Gasteiger partial charge in [0.25, 0.3) is 0 Å². The maximum absolute atomic E-state index is 12.3. The molecular formula is C19H26N4O.